The third-order valence-corrected chi connectivity index (χ3v) is 15.5. The minimum absolute atomic E-state index is 0.0836. The molecular formula is C60H88N2O6. The molecule has 0 aliphatic heterocycles. The first kappa shape index (κ1) is 53.2. The summed E-state index contributed by atoms with van der Waals surface area (Å²) in [5, 5.41) is 2.89. The molecule has 7 atom stereocenters. The maximum absolute atomic E-state index is 11.9. The van der Waals surface area contributed by atoms with E-state index >= 15 is 0 Å². The molecule has 0 bridgehead atoms. The molecule has 3 aromatic rings. The monoisotopic (exact) mass is 933 g/mol. The van der Waals surface area contributed by atoms with E-state index in [1.54, 1.807) is 37.0 Å². The molecular weight excluding hydrogens is 845 g/mol. The number of pyridine rings is 1. The molecule has 68 heavy (non-hydrogen) atoms. The lowest BCUT2D eigenvalue weighted by Gasteiger charge is -2.50. The summed E-state index contributed by atoms with van der Waals surface area (Å²) in [4.78, 5) is 26.7. The van der Waals surface area contributed by atoms with Crippen LogP contribution in [0.3, 0.4) is 0 Å². The third-order valence-electron chi connectivity index (χ3n) is 15.5. The maximum Gasteiger partial charge on any atom is 0.338 e. The minimum Gasteiger partial charge on any atom is -0.494 e. The normalized spacial score (nSPS) is 22.7. The standard InChI is InChI=1S/C32H55NO2.C28H33NO4/c1-23(2)10-6-7-11-25-12-15-30-28(25)18-19-31-29-17-14-27(22-26(29)13-16-32(30)31)35-21-9-5-4-8-20-33-24(3)34;1-2-3-4-5-6-20-31-26-12-8-23(9-13-26)24-10-14-27(15-11-24)32-21-7-22-33-28(30)25-16-18-29-19-17-25/h13,23,25,27-32H,4-12,14-22H2,1-3H3,(H,33,34);8-19H,2-7,20-22H2,1H3. The van der Waals surface area contributed by atoms with Crippen molar-refractivity contribution in [3.8, 4) is 22.6 Å². The van der Waals surface area contributed by atoms with E-state index in [0.717, 1.165) is 103 Å². The molecule has 3 saturated carbocycles. The van der Waals surface area contributed by atoms with Gasteiger partial charge < -0.3 is 24.3 Å². The molecule has 4 aliphatic rings. The number of esters is 1. The summed E-state index contributed by atoms with van der Waals surface area (Å²) in [6.45, 7) is 11.9. The Hall–Kier alpha value is -4.17. The summed E-state index contributed by atoms with van der Waals surface area (Å²) in [5.41, 5.74) is 4.54. The highest BCUT2D eigenvalue weighted by molar-refractivity contribution is 5.89. The number of carbonyl (C=O) groups excluding carboxylic acids is 2. The zero-order chi connectivity index (χ0) is 47.8. The molecule has 7 rings (SSSR count). The first-order chi connectivity index (χ1) is 33.3. The van der Waals surface area contributed by atoms with Gasteiger partial charge in [0.2, 0.25) is 5.91 Å². The Morgan fingerprint density at radius 1 is 0.647 bits per heavy atom. The molecule has 0 saturated heterocycles. The van der Waals surface area contributed by atoms with Gasteiger partial charge >= 0.3 is 5.97 Å². The van der Waals surface area contributed by atoms with Crippen LogP contribution in [-0.4, -0.2) is 55.9 Å². The Balaban J connectivity index is 0.000000224. The van der Waals surface area contributed by atoms with Crippen molar-refractivity contribution in [2.45, 2.75) is 175 Å². The Kier molecular flexibility index (Phi) is 23.3. The van der Waals surface area contributed by atoms with Crippen LogP contribution in [0.4, 0.5) is 0 Å². The van der Waals surface area contributed by atoms with Crippen molar-refractivity contribution in [1.29, 1.82) is 0 Å². The lowest BCUT2D eigenvalue weighted by molar-refractivity contribution is -0.118. The van der Waals surface area contributed by atoms with Crippen molar-refractivity contribution < 1.29 is 28.5 Å². The summed E-state index contributed by atoms with van der Waals surface area (Å²) in [7, 11) is 0. The molecule has 1 heterocycles. The number of nitrogens with one attached hydrogen (secondary N) is 1. The molecule has 0 radical (unpaired) electrons. The van der Waals surface area contributed by atoms with Crippen molar-refractivity contribution in [2.24, 2.45) is 41.4 Å². The fraction of sp³-hybridized carbons (Fsp3) is 0.650. The van der Waals surface area contributed by atoms with E-state index < -0.39 is 0 Å². The fourth-order valence-corrected chi connectivity index (χ4v) is 11.9. The van der Waals surface area contributed by atoms with Gasteiger partial charge in [-0.05, 0) is 160 Å². The van der Waals surface area contributed by atoms with E-state index in [0.29, 0.717) is 31.3 Å². The van der Waals surface area contributed by atoms with Crippen LogP contribution in [0.5, 0.6) is 11.5 Å². The maximum atomic E-state index is 11.9. The number of fused-ring (bicyclic) bond motifs is 5. The molecule has 7 unspecified atom stereocenters. The second kappa shape index (κ2) is 29.8. The van der Waals surface area contributed by atoms with Crippen LogP contribution in [0.25, 0.3) is 11.1 Å². The summed E-state index contributed by atoms with van der Waals surface area (Å²) >= 11 is 0. The van der Waals surface area contributed by atoms with Crippen LogP contribution >= 0.6 is 0 Å². The number of amides is 1. The van der Waals surface area contributed by atoms with Gasteiger partial charge in [0.1, 0.15) is 11.5 Å². The molecule has 0 spiro atoms. The van der Waals surface area contributed by atoms with Crippen LogP contribution in [0.2, 0.25) is 0 Å². The number of benzene rings is 2. The number of hydrogen-bond acceptors (Lipinski definition) is 7. The molecule has 8 heteroatoms. The van der Waals surface area contributed by atoms with Crippen LogP contribution in [0.1, 0.15) is 179 Å². The minimum atomic E-state index is -0.342. The number of hydrogen-bond donors (Lipinski definition) is 1. The Morgan fingerprint density at radius 2 is 1.29 bits per heavy atom. The van der Waals surface area contributed by atoms with Gasteiger partial charge in [0.15, 0.2) is 0 Å². The summed E-state index contributed by atoms with van der Waals surface area (Å²) in [6, 6.07) is 19.5. The number of ether oxygens (including phenoxy) is 4. The predicted octanol–water partition coefficient (Wildman–Crippen LogP) is 14.8. The van der Waals surface area contributed by atoms with Crippen molar-refractivity contribution >= 4 is 11.9 Å². The average Bonchev–Trinajstić information content (AvgIpc) is 3.78. The van der Waals surface area contributed by atoms with Gasteiger partial charge in [0, 0.05) is 38.9 Å². The van der Waals surface area contributed by atoms with E-state index in [-0.39, 0.29) is 11.9 Å². The molecule has 1 N–H and O–H groups in total. The van der Waals surface area contributed by atoms with Crippen LogP contribution in [0, 0.1) is 41.4 Å². The van der Waals surface area contributed by atoms with Gasteiger partial charge in [-0.25, -0.2) is 4.79 Å². The van der Waals surface area contributed by atoms with Gasteiger partial charge in [-0.15, -0.1) is 0 Å². The number of allylic oxidation sites excluding steroid dienone is 1. The van der Waals surface area contributed by atoms with Crippen LogP contribution < -0.4 is 14.8 Å². The van der Waals surface area contributed by atoms with Gasteiger partial charge in [-0.3, -0.25) is 9.78 Å². The van der Waals surface area contributed by atoms with Gasteiger partial charge in [-0.2, -0.15) is 0 Å². The zero-order valence-corrected chi connectivity index (χ0v) is 42.6. The third kappa shape index (κ3) is 17.7. The number of nitrogens with zero attached hydrogens (tertiary/aromatic N) is 1. The second-order valence-corrected chi connectivity index (χ2v) is 20.9. The molecule has 1 aromatic heterocycles. The molecule has 2 aromatic carbocycles. The second-order valence-electron chi connectivity index (χ2n) is 20.9. The van der Waals surface area contributed by atoms with Crippen LogP contribution in [-0.2, 0) is 14.3 Å². The number of rotatable bonds is 27. The molecule has 374 valence electrons. The first-order valence-corrected chi connectivity index (χ1v) is 27.4. The molecule has 4 aliphatic carbocycles. The summed E-state index contributed by atoms with van der Waals surface area (Å²) in [6.07, 6.45) is 35.0. The largest absolute Gasteiger partial charge is 0.494 e. The van der Waals surface area contributed by atoms with Gasteiger partial charge in [-0.1, -0.05) is 121 Å². The number of carbonyl (C=O) groups is 2. The van der Waals surface area contributed by atoms with Crippen molar-refractivity contribution in [3.05, 3.63) is 90.3 Å². The van der Waals surface area contributed by atoms with E-state index in [2.05, 4.69) is 49.3 Å². The summed E-state index contributed by atoms with van der Waals surface area (Å²) in [5.74, 6) is 8.34. The highest BCUT2D eigenvalue weighted by Crippen LogP contribution is 2.58. The first-order valence-electron chi connectivity index (χ1n) is 27.4. The molecule has 3 fully saturated rings. The van der Waals surface area contributed by atoms with Gasteiger partial charge in [0.05, 0.1) is 31.5 Å². The lowest BCUT2D eigenvalue weighted by Crippen LogP contribution is -2.42. The SMILES string of the molecule is CC(=O)NCCCCCCOC1CCC2C(=CCC3C2CCC2C(CCCCC(C)C)CCC23)C1.CCCCCCCOc1ccc(-c2ccc(OCCCOC(=O)c3ccncc3)cc2)cc1. The van der Waals surface area contributed by atoms with Gasteiger partial charge in [0.25, 0.3) is 0 Å². The average molecular weight is 933 g/mol. The molecule has 1 amide bonds. The van der Waals surface area contributed by atoms with Crippen molar-refractivity contribution in [2.75, 3.05) is 33.0 Å². The van der Waals surface area contributed by atoms with Crippen LogP contribution in [0.15, 0.2) is 84.7 Å². The fourth-order valence-electron chi connectivity index (χ4n) is 11.9. The molecule has 8 nitrogen and oxygen atoms in total. The quantitative estimate of drug-likeness (QED) is 0.0462. The number of aromatic nitrogens is 1. The van der Waals surface area contributed by atoms with E-state index in [4.69, 9.17) is 18.9 Å². The highest BCUT2D eigenvalue weighted by Gasteiger charge is 2.49. The zero-order valence-electron chi connectivity index (χ0n) is 42.6. The Labute approximate surface area is 411 Å². The number of unbranched alkanes of at least 4 members (excludes halogenated alkanes) is 8. The Bertz CT molecular complexity index is 1900. The lowest BCUT2D eigenvalue weighted by atomic mass is 9.56. The Morgan fingerprint density at radius 3 is 1.99 bits per heavy atom. The predicted molar refractivity (Wildman–Crippen MR) is 277 cm³/mol. The topological polar surface area (TPSA) is 96.0 Å². The van der Waals surface area contributed by atoms with E-state index in [1.807, 2.05) is 36.4 Å². The highest BCUT2D eigenvalue weighted by atomic mass is 16.5. The van der Waals surface area contributed by atoms with E-state index in [1.165, 1.54) is 116 Å². The smallest absolute Gasteiger partial charge is 0.338 e. The van der Waals surface area contributed by atoms with Crippen molar-refractivity contribution in [1.82, 2.24) is 10.3 Å². The van der Waals surface area contributed by atoms with E-state index in [9.17, 15) is 9.59 Å². The van der Waals surface area contributed by atoms with Crippen molar-refractivity contribution in [3.63, 3.8) is 0 Å². The summed E-state index contributed by atoms with van der Waals surface area (Å²) < 4.78 is 23.2.